The molecule has 0 unspecified atom stereocenters. The molecule has 25 heavy (non-hydrogen) atoms. The van der Waals surface area contributed by atoms with Gasteiger partial charge in [-0.05, 0) is 48.7 Å². The molecular formula is C18H18F3NO3. The van der Waals surface area contributed by atoms with E-state index in [2.05, 4.69) is 0 Å². The van der Waals surface area contributed by atoms with Gasteiger partial charge in [0.15, 0.2) is 11.5 Å². The van der Waals surface area contributed by atoms with E-state index >= 15 is 0 Å². The molecule has 1 aliphatic heterocycles. The first-order valence-electron chi connectivity index (χ1n) is 7.91. The van der Waals surface area contributed by atoms with Crippen molar-refractivity contribution < 1.29 is 27.4 Å². The third kappa shape index (κ3) is 4.29. The highest BCUT2D eigenvalue weighted by molar-refractivity contribution is 5.49. The van der Waals surface area contributed by atoms with E-state index in [1.54, 1.807) is 0 Å². The Balaban J connectivity index is 1.57. The number of rotatable bonds is 5. The molecule has 1 heterocycles. The number of ether oxygens (including phenoxy) is 3. The van der Waals surface area contributed by atoms with Crippen molar-refractivity contribution in [2.24, 2.45) is 0 Å². The van der Waals surface area contributed by atoms with Crippen LogP contribution < -0.4 is 19.9 Å². The average molecular weight is 353 g/mol. The van der Waals surface area contributed by atoms with Crippen LogP contribution in [0.4, 0.5) is 18.9 Å². The fourth-order valence-electron chi connectivity index (χ4n) is 2.60. The lowest BCUT2D eigenvalue weighted by Crippen LogP contribution is -2.15. The summed E-state index contributed by atoms with van der Waals surface area (Å²) >= 11 is 0. The SMILES string of the molecule is Nc1ccc(OCCCc2ccc3c(c2)OCCO3)c(C(F)(F)F)c1. The van der Waals surface area contributed by atoms with E-state index in [0.29, 0.717) is 37.6 Å². The van der Waals surface area contributed by atoms with Crippen LogP contribution in [0.2, 0.25) is 0 Å². The van der Waals surface area contributed by atoms with Gasteiger partial charge in [0.2, 0.25) is 0 Å². The Hall–Kier alpha value is -2.57. The Labute approximate surface area is 143 Å². The highest BCUT2D eigenvalue weighted by Crippen LogP contribution is 2.37. The summed E-state index contributed by atoms with van der Waals surface area (Å²) in [5.41, 5.74) is 5.65. The number of nitrogens with two attached hydrogens (primary N) is 1. The van der Waals surface area contributed by atoms with Crippen LogP contribution in [0.15, 0.2) is 36.4 Å². The van der Waals surface area contributed by atoms with Gasteiger partial charge in [-0.15, -0.1) is 0 Å². The first-order chi connectivity index (χ1) is 11.9. The molecule has 0 radical (unpaired) electrons. The molecule has 0 saturated heterocycles. The standard InChI is InChI=1S/C18H18F3NO3/c19-18(20,21)14-11-13(22)4-6-15(14)23-7-1-2-12-3-5-16-17(10-12)25-9-8-24-16/h3-6,10-11H,1-2,7-9,22H2. The molecule has 0 spiro atoms. The van der Waals surface area contributed by atoms with Crippen LogP contribution in [-0.2, 0) is 12.6 Å². The second kappa shape index (κ2) is 7.13. The van der Waals surface area contributed by atoms with E-state index in [4.69, 9.17) is 19.9 Å². The fraction of sp³-hybridized carbons (Fsp3) is 0.333. The van der Waals surface area contributed by atoms with Crippen LogP contribution in [0.3, 0.4) is 0 Å². The zero-order valence-electron chi connectivity index (χ0n) is 13.4. The van der Waals surface area contributed by atoms with Gasteiger partial charge in [-0.25, -0.2) is 0 Å². The summed E-state index contributed by atoms with van der Waals surface area (Å²) in [5.74, 6) is 1.20. The maximum Gasteiger partial charge on any atom is 0.420 e. The molecule has 7 heteroatoms. The van der Waals surface area contributed by atoms with Crippen molar-refractivity contribution >= 4 is 5.69 Å². The van der Waals surface area contributed by atoms with E-state index in [9.17, 15) is 13.2 Å². The smallest absolute Gasteiger partial charge is 0.420 e. The largest absolute Gasteiger partial charge is 0.493 e. The quantitative estimate of drug-likeness (QED) is 0.650. The summed E-state index contributed by atoms with van der Waals surface area (Å²) in [6.07, 6.45) is -3.27. The van der Waals surface area contributed by atoms with Gasteiger partial charge in [0.25, 0.3) is 0 Å². The number of fused-ring (bicyclic) bond motifs is 1. The molecule has 1 aliphatic rings. The molecule has 0 aliphatic carbocycles. The van der Waals surface area contributed by atoms with Gasteiger partial charge in [0.1, 0.15) is 19.0 Å². The fourth-order valence-corrected chi connectivity index (χ4v) is 2.60. The van der Waals surface area contributed by atoms with Crippen LogP contribution in [0, 0.1) is 0 Å². The number of alkyl halides is 3. The molecule has 0 saturated carbocycles. The van der Waals surface area contributed by atoms with Crippen LogP contribution in [0.1, 0.15) is 17.5 Å². The molecule has 4 nitrogen and oxygen atoms in total. The topological polar surface area (TPSA) is 53.7 Å². The number of anilines is 1. The summed E-state index contributed by atoms with van der Waals surface area (Å²) in [5, 5.41) is 0. The Bertz CT molecular complexity index is 747. The lowest BCUT2D eigenvalue weighted by atomic mass is 10.1. The number of benzene rings is 2. The van der Waals surface area contributed by atoms with Gasteiger partial charge in [-0.1, -0.05) is 6.07 Å². The van der Waals surface area contributed by atoms with Gasteiger partial charge in [0.05, 0.1) is 12.2 Å². The van der Waals surface area contributed by atoms with Crippen molar-refractivity contribution in [1.29, 1.82) is 0 Å². The van der Waals surface area contributed by atoms with Crippen molar-refractivity contribution in [3.05, 3.63) is 47.5 Å². The van der Waals surface area contributed by atoms with Crippen molar-refractivity contribution in [2.75, 3.05) is 25.6 Å². The zero-order chi connectivity index (χ0) is 17.9. The number of hydrogen-bond donors (Lipinski definition) is 1. The van der Waals surface area contributed by atoms with Crippen molar-refractivity contribution in [3.63, 3.8) is 0 Å². The summed E-state index contributed by atoms with van der Waals surface area (Å²) < 4.78 is 55.3. The molecule has 0 atom stereocenters. The van der Waals surface area contributed by atoms with Crippen molar-refractivity contribution in [1.82, 2.24) is 0 Å². The van der Waals surface area contributed by atoms with Crippen LogP contribution in [-0.4, -0.2) is 19.8 Å². The van der Waals surface area contributed by atoms with E-state index in [1.807, 2.05) is 18.2 Å². The number of hydrogen-bond acceptors (Lipinski definition) is 4. The number of halogens is 3. The molecule has 0 amide bonds. The Morgan fingerprint density at radius 3 is 2.52 bits per heavy atom. The molecule has 2 N–H and O–H groups in total. The van der Waals surface area contributed by atoms with Gasteiger partial charge in [-0.2, -0.15) is 13.2 Å². The molecule has 3 rings (SSSR count). The monoisotopic (exact) mass is 353 g/mol. The van der Waals surface area contributed by atoms with Crippen LogP contribution in [0.5, 0.6) is 17.2 Å². The highest BCUT2D eigenvalue weighted by Gasteiger charge is 2.34. The van der Waals surface area contributed by atoms with Crippen molar-refractivity contribution in [2.45, 2.75) is 19.0 Å². The first-order valence-corrected chi connectivity index (χ1v) is 7.91. The summed E-state index contributed by atoms with van der Waals surface area (Å²) in [4.78, 5) is 0. The molecular weight excluding hydrogens is 335 g/mol. The summed E-state index contributed by atoms with van der Waals surface area (Å²) in [6, 6.07) is 9.17. The van der Waals surface area contributed by atoms with E-state index in [1.165, 1.54) is 12.1 Å². The van der Waals surface area contributed by atoms with Crippen LogP contribution in [0.25, 0.3) is 0 Å². The van der Waals surface area contributed by atoms with E-state index < -0.39 is 11.7 Å². The number of aryl methyl sites for hydroxylation is 1. The lowest BCUT2D eigenvalue weighted by Gasteiger charge is -2.19. The second-order valence-corrected chi connectivity index (χ2v) is 5.68. The average Bonchev–Trinajstić information content (AvgIpc) is 2.58. The Kier molecular flexibility index (Phi) is 4.92. The first kappa shape index (κ1) is 17.3. The minimum absolute atomic E-state index is 0.0518. The molecule has 2 aromatic carbocycles. The van der Waals surface area contributed by atoms with Gasteiger partial charge in [0, 0.05) is 5.69 Å². The van der Waals surface area contributed by atoms with E-state index in [-0.39, 0.29) is 18.0 Å². The summed E-state index contributed by atoms with van der Waals surface area (Å²) in [7, 11) is 0. The predicted molar refractivity (Wildman–Crippen MR) is 87.1 cm³/mol. The zero-order valence-corrected chi connectivity index (χ0v) is 13.4. The lowest BCUT2D eigenvalue weighted by molar-refractivity contribution is -0.138. The molecule has 0 fully saturated rings. The summed E-state index contributed by atoms with van der Waals surface area (Å²) in [6.45, 7) is 1.21. The Morgan fingerprint density at radius 1 is 1.00 bits per heavy atom. The predicted octanol–water partition coefficient (Wildman–Crippen LogP) is 4.07. The molecule has 134 valence electrons. The van der Waals surface area contributed by atoms with Crippen molar-refractivity contribution in [3.8, 4) is 17.2 Å². The molecule has 2 aromatic rings. The van der Waals surface area contributed by atoms with Gasteiger partial charge < -0.3 is 19.9 Å². The number of nitrogen functional groups attached to an aromatic ring is 1. The maximum absolute atomic E-state index is 13.0. The highest BCUT2D eigenvalue weighted by atomic mass is 19.4. The molecule has 0 bridgehead atoms. The maximum atomic E-state index is 13.0. The van der Waals surface area contributed by atoms with E-state index in [0.717, 1.165) is 11.6 Å². The van der Waals surface area contributed by atoms with Gasteiger partial charge in [-0.3, -0.25) is 0 Å². The third-order valence-electron chi connectivity index (χ3n) is 3.78. The Morgan fingerprint density at radius 2 is 1.76 bits per heavy atom. The minimum atomic E-state index is -4.50. The second-order valence-electron chi connectivity index (χ2n) is 5.68. The van der Waals surface area contributed by atoms with Gasteiger partial charge >= 0.3 is 6.18 Å². The third-order valence-corrected chi connectivity index (χ3v) is 3.78. The normalized spacial score (nSPS) is 13.6. The van der Waals surface area contributed by atoms with Crippen LogP contribution >= 0.6 is 0 Å². The minimum Gasteiger partial charge on any atom is -0.493 e. The molecule has 0 aromatic heterocycles.